The molecule has 0 aromatic rings. The van der Waals surface area contributed by atoms with E-state index in [9.17, 15) is 61.0 Å². The smallest absolute Gasteiger partial charge is 0.187 e. The van der Waals surface area contributed by atoms with Crippen LogP contribution in [0.25, 0.3) is 0 Å². The van der Waals surface area contributed by atoms with Crippen molar-refractivity contribution >= 4 is 5.78 Å². The number of aliphatic hydroxyl groups is 11. The highest BCUT2D eigenvalue weighted by Crippen LogP contribution is 2.70. The van der Waals surface area contributed by atoms with E-state index in [1.54, 1.807) is 0 Å². The zero-order valence-electron chi connectivity index (χ0n) is 42.6. The number of aliphatic hydroxyl groups excluding tert-OH is 11. The van der Waals surface area contributed by atoms with Crippen LogP contribution in [0.2, 0.25) is 0 Å². The van der Waals surface area contributed by atoms with E-state index in [4.69, 9.17) is 47.4 Å². The fraction of sp³-hybridized carbons (Fsp3) is 0.941. The van der Waals surface area contributed by atoms with Gasteiger partial charge in [0, 0.05) is 29.6 Å². The van der Waals surface area contributed by atoms with E-state index in [1.807, 2.05) is 0 Å². The third-order valence-electron chi connectivity index (χ3n) is 19.6. The third kappa shape index (κ3) is 8.95. The summed E-state index contributed by atoms with van der Waals surface area (Å²) in [5.41, 5.74) is -0.360. The Morgan fingerprint density at radius 2 is 1.22 bits per heavy atom. The van der Waals surface area contributed by atoms with E-state index in [0.29, 0.717) is 44.6 Å². The number of hydrogen-bond donors (Lipinski definition) is 11. The van der Waals surface area contributed by atoms with Gasteiger partial charge in [0.15, 0.2) is 36.7 Å². The summed E-state index contributed by atoms with van der Waals surface area (Å²) in [5.74, 6) is -0.860. The molecule has 22 heteroatoms. The summed E-state index contributed by atoms with van der Waals surface area (Å²) in [4.78, 5) is 14.8. The maximum absolute atomic E-state index is 14.8. The van der Waals surface area contributed by atoms with Gasteiger partial charge in [-0.25, -0.2) is 0 Å². The number of hydrogen-bond acceptors (Lipinski definition) is 22. The molecule has 0 radical (unpaired) electrons. The van der Waals surface area contributed by atoms with E-state index >= 15 is 0 Å². The number of allylic oxidation sites excluding steroid dienone is 1. The third-order valence-corrected chi connectivity index (χ3v) is 19.6. The molecule has 416 valence electrons. The van der Waals surface area contributed by atoms with Crippen LogP contribution in [0.4, 0.5) is 0 Å². The molecule has 73 heavy (non-hydrogen) atoms. The second kappa shape index (κ2) is 20.3. The summed E-state index contributed by atoms with van der Waals surface area (Å²) < 4.78 is 61.7. The van der Waals surface area contributed by atoms with Crippen LogP contribution in [0.3, 0.4) is 0 Å². The fourth-order valence-corrected chi connectivity index (χ4v) is 15.2. The molecule has 6 aliphatic heterocycles. The molecule has 9 fully saturated rings. The second-order valence-corrected chi connectivity index (χ2v) is 23.8. The highest BCUT2D eigenvalue weighted by molar-refractivity contribution is 5.91. The van der Waals surface area contributed by atoms with Gasteiger partial charge in [0.05, 0.1) is 43.7 Å². The summed E-state index contributed by atoms with van der Waals surface area (Å²) in [6, 6.07) is 0. The van der Waals surface area contributed by atoms with E-state index in [2.05, 4.69) is 33.8 Å². The predicted octanol–water partition coefficient (Wildman–Crippen LogP) is -1.76. The zero-order chi connectivity index (χ0) is 52.5. The molecule has 0 bridgehead atoms. The molecular weight excluding hydrogens is 965 g/mol. The quantitative estimate of drug-likeness (QED) is 0.114. The summed E-state index contributed by atoms with van der Waals surface area (Å²) in [6.45, 7) is 12.7. The Kier molecular flexibility index (Phi) is 15.3. The van der Waals surface area contributed by atoms with Crippen molar-refractivity contribution in [2.24, 2.45) is 46.3 Å². The molecule has 6 saturated heterocycles. The molecule has 11 N–H and O–H groups in total. The van der Waals surface area contributed by atoms with E-state index in [1.165, 1.54) is 20.8 Å². The van der Waals surface area contributed by atoms with Crippen molar-refractivity contribution in [3.8, 4) is 0 Å². The van der Waals surface area contributed by atoms with Gasteiger partial charge < -0.3 is 104 Å². The number of fused-ring (bicyclic) bond motifs is 7. The maximum Gasteiger partial charge on any atom is 0.187 e. The normalized spacial score (nSPS) is 58.2. The molecule has 3 saturated carbocycles. The van der Waals surface area contributed by atoms with Crippen LogP contribution in [-0.2, 0) is 52.2 Å². The number of ether oxygens (including phenoxy) is 10. The predicted molar refractivity (Wildman–Crippen MR) is 246 cm³/mol. The Labute approximate surface area is 424 Å². The van der Waals surface area contributed by atoms with Crippen molar-refractivity contribution in [2.45, 2.75) is 240 Å². The van der Waals surface area contributed by atoms with Crippen LogP contribution in [0, 0.1) is 46.3 Å². The van der Waals surface area contributed by atoms with Crippen molar-refractivity contribution in [3.05, 3.63) is 11.6 Å². The first-order chi connectivity index (χ1) is 34.4. The Bertz CT molecular complexity index is 2010. The van der Waals surface area contributed by atoms with Gasteiger partial charge >= 0.3 is 0 Å². The van der Waals surface area contributed by atoms with E-state index in [-0.39, 0.29) is 41.5 Å². The van der Waals surface area contributed by atoms with Crippen LogP contribution in [0.5, 0.6) is 0 Å². The Morgan fingerprint density at radius 1 is 0.630 bits per heavy atom. The lowest BCUT2D eigenvalue weighted by molar-refractivity contribution is -0.394. The number of ketones is 1. The van der Waals surface area contributed by atoms with Crippen LogP contribution in [-0.4, -0.2) is 222 Å². The van der Waals surface area contributed by atoms with Gasteiger partial charge in [-0.1, -0.05) is 39.3 Å². The lowest BCUT2D eigenvalue weighted by Gasteiger charge is -2.59. The fourth-order valence-electron chi connectivity index (χ4n) is 15.2. The minimum Gasteiger partial charge on any atom is -0.394 e. The first kappa shape index (κ1) is 54.9. The van der Waals surface area contributed by atoms with E-state index < -0.39 is 158 Å². The summed E-state index contributed by atoms with van der Waals surface area (Å²) >= 11 is 0. The van der Waals surface area contributed by atoms with Crippen molar-refractivity contribution in [1.29, 1.82) is 0 Å². The molecule has 10 aliphatic rings. The van der Waals surface area contributed by atoms with Crippen LogP contribution < -0.4 is 0 Å². The minimum absolute atomic E-state index is 0.00377. The van der Waals surface area contributed by atoms with Gasteiger partial charge in [-0.15, -0.1) is 0 Å². The monoisotopic (exact) mass is 1040 g/mol. The minimum atomic E-state index is -1.89. The van der Waals surface area contributed by atoms with Crippen molar-refractivity contribution in [2.75, 3.05) is 13.2 Å². The molecule has 4 aliphatic carbocycles. The molecule has 0 aromatic heterocycles. The SMILES string of the molecule is C[C@@H]1CC[C@@]2(OC1)O[C@H]1C[C@H]3[C@@H]4CC=C5C[C@@H](O[C@@H]6O[C@H](CO)[C@@H](O[C@@H]7O[C@@H](C)[C@H](O[C@@H]8O[C@@H](C)[C@H](O)[C@@H](O)[C@H]8O)[C@@H](O)[C@H]7O)[C@H](O)[C@H]6O[C@@H]6O[C@@H](C)[C@H](O)[C@@H](O)[C@H]6O)CC[C@]5(C)[C@H]4[C@H](O)C(=O)[C@]3(C)[C@H]1[C@@H]2C. The molecule has 32 atom stereocenters. The summed E-state index contributed by atoms with van der Waals surface area (Å²) in [7, 11) is 0. The van der Waals surface area contributed by atoms with Crippen molar-refractivity contribution in [1.82, 2.24) is 0 Å². The summed E-state index contributed by atoms with van der Waals surface area (Å²) in [5, 5.41) is 121. The van der Waals surface area contributed by atoms with Crippen molar-refractivity contribution in [3.63, 3.8) is 0 Å². The molecule has 6 heterocycles. The average Bonchev–Trinajstić information content (AvgIpc) is 3.81. The Balaban J connectivity index is 0.854. The lowest BCUT2D eigenvalue weighted by atomic mass is 9.45. The van der Waals surface area contributed by atoms with Crippen LogP contribution in [0.15, 0.2) is 11.6 Å². The Morgan fingerprint density at radius 3 is 1.82 bits per heavy atom. The number of carbonyl (C=O) groups is 1. The molecule has 1 spiro atoms. The molecule has 22 nitrogen and oxygen atoms in total. The highest BCUT2D eigenvalue weighted by atomic mass is 16.8. The average molecular weight is 1050 g/mol. The first-order valence-electron chi connectivity index (χ1n) is 26.7. The molecule has 10 rings (SSSR count). The maximum atomic E-state index is 14.8. The number of Topliss-reactive ketones (excluding diaryl/α,β-unsaturated/α-hetero) is 1. The number of carbonyl (C=O) groups excluding carboxylic acids is 1. The number of rotatable bonds is 9. The second-order valence-electron chi connectivity index (χ2n) is 23.8. The highest BCUT2D eigenvalue weighted by Gasteiger charge is 2.73. The van der Waals surface area contributed by atoms with Gasteiger partial charge in [-0.3, -0.25) is 4.79 Å². The largest absolute Gasteiger partial charge is 0.394 e. The topological polar surface area (TPSA) is 332 Å². The van der Waals surface area contributed by atoms with Gasteiger partial charge in [-0.2, -0.15) is 0 Å². The van der Waals surface area contributed by atoms with Gasteiger partial charge in [0.2, 0.25) is 0 Å². The molecule has 0 unspecified atom stereocenters. The molecule has 0 amide bonds. The lowest BCUT2D eigenvalue weighted by Crippen LogP contribution is -2.67. The standard InChI is InChI=1S/C51H80O22/c1-18-10-13-51(64-17-18)19(2)29-27(73-51)15-26-25-9-8-23-14-24(11-12-49(23,6)30(25)33(55)44(63)50(26,29)7)68-48-43(72-46-38(60)35(57)32(54)21(4)66-46)40(62)42(28(16-52)69-48)71-47-39(61)36(58)41(22(5)67-47)70-45-37(59)34(56)31(53)20(3)65-45/h8,18-22,24-43,45-48,52-62H,9-17H2,1-7H3/t18-,19+,20+,21+,22+,24+,25+,26+,27+,28-,29+,30-,31+,32+,33+,34-,35-,36+,37-,38-,39-,40+,41+,42-,43-,45+,46+,47+,48-,49+,50+,51-/m1/s1. The van der Waals surface area contributed by atoms with Gasteiger partial charge in [-0.05, 0) is 82.5 Å². The summed E-state index contributed by atoms with van der Waals surface area (Å²) in [6.07, 6.45) is -26.0. The molecule has 0 aromatic carbocycles. The first-order valence-corrected chi connectivity index (χ1v) is 26.7. The van der Waals surface area contributed by atoms with E-state index in [0.717, 1.165) is 18.4 Å². The van der Waals surface area contributed by atoms with Gasteiger partial charge in [0.25, 0.3) is 0 Å². The van der Waals surface area contributed by atoms with Gasteiger partial charge in [0.1, 0.15) is 85.5 Å². The van der Waals surface area contributed by atoms with Crippen LogP contribution >= 0.6 is 0 Å². The van der Waals surface area contributed by atoms with Crippen molar-refractivity contribution < 1.29 is 108 Å². The zero-order valence-corrected chi connectivity index (χ0v) is 42.6. The Hall–Kier alpha value is -1.43. The molecular formula is C51H80O22. The van der Waals surface area contributed by atoms with Crippen LogP contribution in [0.1, 0.15) is 93.4 Å².